The Labute approximate surface area is 253 Å². The highest BCUT2D eigenvalue weighted by atomic mass is 79.9. The Morgan fingerprint density at radius 3 is 1.90 bits per heavy atom. The van der Waals surface area contributed by atoms with E-state index in [4.69, 9.17) is 8.83 Å². The average molecular weight is 616 g/mol. The van der Waals surface area contributed by atoms with Crippen molar-refractivity contribution >= 4 is 33.3 Å². The number of rotatable bonds is 8. The van der Waals surface area contributed by atoms with Crippen molar-refractivity contribution in [2.75, 3.05) is 0 Å². The van der Waals surface area contributed by atoms with Crippen LogP contribution in [0.15, 0.2) is 149 Å². The van der Waals surface area contributed by atoms with Crippen LogP contribution in [0.25, 0.3) is 38.6 Å². The first-order chi connectivity index (χ1) is 20.2. The molecule has 6 heteroatoms. The van der Waals surface area contributed by atoms with Crippen LogP contribution in [0.3, 0.4) is 0 Å². The molecule has 3 aromatic heterocycles. The SMILES string of the molecule is O=C(C[n+]1ccn(CC=C(c2cc3ccccc3o2)c2cc3ccccc3o2)c1)c1ccc(-c2ccccc2)cc1.[Br-]. The summed E-state index contributed by atoms with van der Waals surface area (Å²) in [7, 11) is 0. The van der Waals surface area contributed by atoms with Gasteiger partial charge in [0.05, 0.1) is 5.57 Å². The molecule has 0 aliphatic heterocycles. The fraction of sp³-hybridized carbons (Fsp3) is 0.0556. The molecule has 0 spiro atoms. The number of carbonyl (C=O) groups is 1. The number of fused-ring (bicyclic) bond motifs is 2. The Morgan fingerprint density at radius 2 is 1.29 bits per heavy atom. The van der Waals surface area contributed by atoms with E-state index in [2.05, 4.69) is 18.2 Å². The van der Waals surface area contributed by atoms with Gasteiger partial charge >= 0.3 is 0 Å². The standard InChI is InChI=1S/C36H27N2O3.BrH/c39-32(28-16-14-27(15-17-28)26-8-2-1-3-9-26)24-38-21-20-37(25-38)19-18-31(35-22-29-10-4-6-12-33(29)40-35)36-23-30-11-5-7-13-34(30)41-36;/h1-18,20-23,25H,19,24H2;1H/q+1;/p-1. The van der Waals surface area contributed by atoms with Crippen LogP contribution in [0.4, 0.5) is 0 Å². The maximum absolute atomic E-state index is 13.0. The predicted octanol–water partition coefficient (Wildman–Crippen LogP) is 4.95. The molecule has 42 heavy (non-hydrogen) atoms. The highest BCUT2D eigenvalue weighted by molar-refractivity contribution is 5.95. The number of ketones is 1. The number of aromatic nitrogens is 2. The zero-order valence-electron chi connectivity index (χ0n) is 22.7. The smallest absolute Gasteiger partial charge is 0.244 e. The summed E-state index contributed by atoms with van der Waals surface area (Å²) in [6, 6.07) is 38.0. The Kier molecular flexibility index (Phi) is 7.71. The van der Waals surface area contributed by atoms with E-state index in [9.17, 15) is 4.79 Å². The van der Waals surface area contributed by atoms with Crippen molar-refractivity contribution in [3.05, 3.63) is 157 Å². The van der Waals surface area contributed by atoms with Crippen molar-refractivity contribution in [2.24, 2.45) is 0 Å². The monoisotopic (exact) mass is 614 g/mol. The number of hydrogen-bond donors (Lipinski definition) is 0. The molecule has 206 valence electrons. The third-order valence-electron chi connectivity index (χ3n) is 7.27. The van der Waals surface area contributed by atoms with Crippen molar-refractivity contribution in [1.29, 1.82) is 0 Å². The third-order valence-corrected chi connectivity index (χ3v) is 7.27. The number of Topliss-reactive ketones (excluding diaryl/α,β-unsaturated/α-hetero) is 1. The van der Waals surface area contributed by atoms with Gasteiger partial charge in [-0.1, -0.05) is 91.0 Å². The number of carbonyl (C=O) groups excluding carboxylic acids is 1. The molecule has 4 aromatic carbocycles. The summed E-state index contributed by atoms with van der Waals surface area (Å²) in [5.74, 6) is 1.56. The first-order valence-corrected chi connectivity index (χ1v) is 13.6. The van der Waals surface area contributed by atoms with Crippen molar-refractivity contribution < 1.29 is 35.2 Å². The largest absolute Gasteiger partial charge is 1.00 e. The molecule has 0 saturated heterocycles. The normalized spacial score (nSPS) is 11.0. The van der Waals surface area contributed by atoms with Crippen molar-refractivity contribution in [3.8, 4) is 11.1 Å². The van der Waals surface area contributed by atoms with Crippen LogP contribution in [-0.2, 0) is 13.1 Å². The second-order valence-corrected chi connectivity index (χ2v) is 10.1. The van der Waals surface area contributed by atoms with Gasteiger partial charge in [-0.3, -0.25) is 4.79 Å². The molecule has 0 aliphatic carbocycles. The lowest BCUT2D eigenvalue weighted by molar-refractivity contribution is -0.682. The number of allylic oxidation sites excluding steroid dienone is 1. The zero-order chi connectivity index (χ0) is 27.6. The van der Waals surface area contributed by atoms with Crippen LogP contribution in [0.2, 0.25) is 0 Å². The predicted molar refractivity (Wildman–Crippen MR) is 160 cm³/mol. The number of imidazole rings is 1. The lowest BCUT2D eigenvalue weighted by atomic mass is 10.0. The van der Waals surface area contributed by atoms with E-state index in [0.29, 0.717) is 12.1 Å². The lowest BCUT2D eigenvalue weighted by Crippen LogP contribution is -3.00. The van der Waals surface area contributed by atoms with E-state index in [0.717, 1.165) is 50.2 Å². The van der Waals surface area contributed by atoms with Gasteiger partial charge < -0.3 is 25.8 Å². The molecule has 0 bridgehead atoms. The van der Waals surface area contributed by atoms with Gasteiger partial charge in [0.15, 0.2) is 6.54 Å². The van der Waals surface area contributed by atoms with E-state index in [-0.39, 0.29) is 29.3 Å². The average Bonchev–Trinajstić information content (AvgIpc) is 3.76. The van der Waals surface area contributed by atoms with E-state index in [1.165, 1.54) is 0 Å². The summed E-state index contributed by atoms with van der Waals surface area (Å²) in [5, 5.41) is 2.08. The summed E-state index contributed by atoms with van der Waals surface area (Å²) < 4.78 is 16.4. The fourth-order valence-electron chi connectivity index (χ4n) is 5.13. The molecular weight excluding hydrogens is 588 g/mol. The van der Waals surface area contributed by atoms with Crippen LogP contribution >= 0.6 is 0 Å². The minimum absolute atomic E-state index is 0. The van der Waals surface area contributed by atoms with Gasteiger partial charge in [0, 0.05) is 16.3 Å². The summed E-state index contributed by atoms with van der Waals surface area (Å²) in [6.45, 7) is 0.845. The Hall–Kier alpha value is -4.94. The summed E-state index contributed by atoms with van der Waals surface area (Å²) in [4.78, 5) is 13.0. The van der Waals surface area contributed by atoms with E-state index in [1.54, 1.807) is 0 Å². The molecular formula is C36H27BrN2O3. The molecule has 3 heterocycles. The summed E-state index contributed by atoms with van der Waals surface area (Å²) >= 11 is 0. The van der Waals surface area contributed by atoms with E-state index in [1.807, 2.05) is 131 Å². The minimum Gasteiger partial charge on any atom is -1.00 e. The van der Waals surface area contributed by atoms with Crippen LogP contribution in [-0.4, -0.2) is 10.4 Å². The van der Waals surface area contributed by atoms with Crippen LogP contribution in [0, 0.1) is 0 Å². The number of para-hydroxylation sites is 2. The number of halogens is 1. The number of furan rings is 2. The van der Waals surface area contributed by atoms with Crippen molar-refractivity contribution in [3.63, 3.8) is 0 Å². The topological polar surface area (TPSA) is 52.2 Å². The van der Waals surface area contributed by atoms with Crippen LogP contribution < -0.4 is 21.5 Å². The molecule has 0 atom stereocenters. The molecule has 0 radical (unpaired) electrons. The highest BCUT2D eigenvalue weighted by Crippen LogP contribution is 2.32. The van der Waals surface area contributed by atoms with Gasteiger partial charge in [-0.2, -0.15) is 0 Å². The Bertz CT molecular complexity index is 1870. The molecule has 0 aliphatic rings. The van der Waals surface area contributed by atoms with Crippen molar-refractivity contribution in [2.45, 2.75) is 13.1 Å². The second kappa shape index (κ2) is 11.9. The molecule has 0 unspecified atom stereocenters. The molecule has 0 amide bonds. The molecule has 7 rings (SSSR count). The highest BCUT2D eigenvalue weighted by Gasteiger charge is 2.17. The van der Waals surface area contributed by atoms with Gasteiger partial charge in [0.2, 0.25) is 12.1 Å². The second-order valence-electron chi connectivity index (χ2n) is 10.1. The quantitative estimate of drug-likeness (QED) is 0.180. The van der Waals surface area contributed by atoms with Gasteiger partial charge in [0.1, 0.15) is 41.6 Å². The van der Waals surface area contributed by atoms with Crippen molar-refractivity contribution in [1.82, 2.24) is 4.57 Å². The molecule has 7 aromatic rings. The number of hydrogen-bond acceptors (Lipinski definition) is 3. The van der Waals surface area contributed by atoms with Crippen LogP contribution in [0.5, 0.6) is 0 Å². The Morgan fingerprint density at radius 1 is 0.714 bits per heavy atom. The third kappa shape index (κ3) is 5.62. The lowest BCUT2D eigenvalue weighted by Gasteiger charge is -2.03. The van der Waals surface area contributed by atoms with E-state index < -0.39 is 0 Å². The first kappa shape index (κ1) is 27.2. The maximum atomic E-state index is 13.0. The molecule has 0 N–H and O–H groups in total. The molecule has 0 fully saturated rings. The van der Waals surface area contributed by atoms with E-state index >= 15 is 0 Å². The first-order valence-electron chi connectivity index (χ1n) is 13.6. The number of nitrogens with zero attached hydrogens (tertiary/aromatic N) is 2. The molecule has 0 saturated carbocycles. The minimum atomic E-state index is 0. The van der Waals surface area contributed by atoms with Gasteiger partial charge in [-0.05, 0) is 41.5 Å². The maximum Gasteiger partial charge on any atom is 0.244 e. The van der Waals surface area contributed by atoms with Crippen LogP contribution in [0.1, 0.15) is 21.9 Å². The summed E-state index contributed by atoms with van der Waals surface area (Å²) in [5.41, 5.74) is 5.47. The summed E-state index contributed by atoms with van der Waals surface area (Å²) in [6.07, 6.45) is 7.94. The van der Waals surface area contributed by atoms with Gasteiger partial charge in [-0.15, -0.1) is 0 Å². The zero-order valence-corrected chi connectivity index (χ0v) is 24.3. The van der Waals surface area contributed by atoms with Gasteiger partial charge in [0.25, 0.3) is 0 Å². The molecule has 5 nitrogen and oxygen atoms in total. The Balaban J connectivity index is 0.00000316. The number of benzene rings is 4. The fourth-order valence-corrected chi connectivity index (χ4v) is 5.13. The van der Waals surface area contributed by atoms with Gasteiger partial charge in [-0.25, -0.2) is 9.13 Å².